The van der Waals surface area contributed by atoms with E-state index in [0.29, 0.717) is 17.6 Å². The summed E-state index contributed by atoms with van der Waals surface area (Å²) in [5, 5.41) is 3.38. The number of carbonyl (C=O) groups excluding carboxylic acids is 1. The molecule has 1 atom stereocenters. The lowest BCUT2D eigenvalue weighted by Gasteiger charge is -2.30. The molecule has 1 N–H and O–H groups in total. The molecule has 1 fully saturated rings. The summed E-state index contributed by atoms with van der Waals surface area (Å²) < 4.78 is 5.23. The van der Waals surface area contributed by atoms with Crippen molar-refractivity contribution in [3.05, 3.63) is 30.2 Å². The molecule has 1 aliphatic heterocycles. The normalized spacial score (nSPS) is 20.8. The van der Waals surface area contributed by atoms with Gasteiger partial charge in [-0.25, -0.2) is 4.98 Å². The Balaban J connectivity index is 1.72. The number of hydrogen-bond donors (Lipinski definition) is 1. The standard InChI is InChI=1S/C14H17N3O2/c1-17-5-4-15-11(8-17)7-13(18)10-2-3-12-14(6-10)19-9-16-12/h2-3,6,9,11,15H,4-5,7-8H2,1H3. The van der Waals surface area contributed by atoms with Gasteiger partial charge in [-0.05, 0) is 25.2 Å². The van der Waals surface area contributed by atoms with Crippen LogP contribution >= 0.6 is 0 Å². The van der Waals surface area contributed by atoms with Crippen molar-refractivity contribution in [1.29, 1.82) is 0 Å². The number of likely N-dealkylation sites (N-methyl/N-ethyl adjacent to an activating group) is 1. The highest BCUT2D eigenvalue weighted by molar-refractivity contribution is 5.98. The maximum Gasteiger partial charge on any atom is 0.181 e. The number of nitrogens with zero attached hydrogens (tertiary/aromatic N) is 2. The minimum Gasteiger partial charge on any atom is -0.443 e. The molecular formula is C14H17N3O2. The zero-order valence-electron chi connectivity index (χ0n) is 10.9. The number of rotatable bonds is 3. The van der Waals surface area contributed by atoms with Crippen molar-refractivity contribution in [2.45, 2.75) is 12.5 Å². The molecule has 1 aliphatic rings. The van der Waals surface area contributed by atoms with Crippen LogP contribution < -0.4 is 5.32 Å². The molecule has 0 amide bonds. The molecule has 19 heavy (non-hydrogen) atoms. The molecule has 5 heteroatoms. The third-order valence-electron chi connectivity index (χ3n) is 3.54. The SMILES string of the molecule is CN1CCNC(CC(=O)c2ccc3ncoc3c2)C1. The van der Waals surface area contributed by atoms with Gasteiger partial charge in [-0.1, -0.05) is 0 Å². The van der Waals surface area contributed by atoms with E-state index in [9.17, 15) is 4.79 Å². The molecule has 1 aromatic heterocycles. The fourth-order valence-corrected chi connectivity index (χ4v) is 2.50. The summed E-state index contributed by atoms with van der Waals surface area (Å²) in [6.07, 6.45) is 1.92. The Morgan fingerprint density at radius 3 is 3.32 bits per heavy atom. The van der Waals surface area contributed by atoms with Crippen LogP contribution in [0.2, 0.25) is 0 Å². The first-order valence-electron chi connectivity index (χ1n) is 6.51. The van der Waals surface area contributed by atoms with E-state index in [-0.39, 0.29) is 11.8 Å². The minimum atomic E-state index is 0.145. The van der Waals surface area contributed by atoms with E-state index in [0.717, 1.165) is 25.2 Å². The fourth-order valence-electron chi connectivity index (χ4n) is 2.50. The molecule has 0 saturated carbocycles. The highest BCUT2D eigenvalue weighted by Gasteiger charge is 2.20. The number of nitrogens with one attached hydrogen (secondary N) is 1. The van der Waals surface area contributed by atoms with Crippen molar-refractivity contribution >= 4 is 16.9 Å². The van der Waals surface area contributed by atoms with Gasteiger partial charge in [0.1, 0.15) is 5.52 Å². The summed E-state index contributed by atoms with van der Waals surface area (Å²) in [5.41, 5.74) is 2.14. The highest BCUT2D eigenvalue weighted by atomic mass is 16.3. The van der Waals surface area contributed by atoms with E-state index in [1.54, 1.807) is 6.07 Å². The average molecular weight is 259 g/mol. The maximum absolute atomic E-state index is 12.3. The second-order valence-electron chi connectivity index (χ2n) is 5.08. The van der Waals surface area contributed by atoms with E-state index in [1.807, 2.05) is 12.1 Å². The lowest BCUT2D eigenvalue weighted by molar-refractivity contribution is 0.0952. The summed E-state index contributed by atoms with van der Waals surface area (Å²) in [6, 6.07) is 5.65. The molecule has 1 aromatic carbocycles. The zero-order chi connectivity index (χ0) is 13.2. The zero-order valence-corrected chi connectivity index (χ0v) is 10.9. The Labute approximate surface area is 111 Å². The van der Waals surface area contributed by atoms with Gasteiger partial charge in [0.25, 0.3) is 0 Å². The molecule has 1 saturated heterocycles. The largest absolute Gasteiger partial charge is 0.443 e. The van der Waals surface area contributed by atoms with Crippen LogP contribution in [0.4, 0.5) is 0 Å². The van der Waals surface area contributed by atoms with Gasteiger partial charge >= 0.3 is 0 Å². The van der Waals surface area contributed by atoms with Gasteiger partial charge in [-0.3, -0.25) is 4.79 Å². The smallest absolute Gasteiger partial charge is 0.181 e. The minimum absolute atomic E-state index is 0.145. The molecule has 3 rings (SSSR count). The number of aromatic nitrogens is 1. The maximum atomic E-state index is 12.3. The first kappa shape index (κ1) is 12.3. The Morgan fingerprint density at radius 1 is 1.58 bits per heavy atom. The van der Waals surface area contributed by atoms with Gasteiger partial charge < -0.3 is 14.6 Å². The lowest BCUT2D eigenvalue weighted by atomic mass is 10.0. The highest BCUT2D eigenvalue weighted by Crippen LogP contribution is 2.16. The van der Waals surface area contributed by atoms with Crippen LogP contribution in [0.25, 0.3) is 11.1 Å². The molecule has 5 nitrogen and oxygen atoms in total. The quantitative estimate of drug-likeness (QED) is 0.842. The summed E-state index contributed by atoms with van der Waals surface area (Å²) >= 11 is 0. The van der Waals surface area contributed by atoms with Gasteiger partial charge in [0.05, 0.1) is 0 Å². The van der Waals surface area contributed by atoms with Gasteiger partial charge in [-0.15, -0.1) is 0 Å². The van der Waals surface area contributed by atoms with Crippen LogP contribution in [0.1, 0.15) is 16.8 Å². The second-order valence-corrected chi connectivity index (χ2v) is 5.08. The number of Topliss-reactive ketones (excluding diaryl/α,β-unsaturated/α-hetero) is 1. The molecule has 0 spiro atoms. The third kappa shape index (κ3) is 2.67. The van der Waals surface area contributed by atoms with Gasteiger partial charge in [-0.2, -0.15) is 0 Å². The van der Waals surface area contributed by atoms with Crippen LogP contribution in [0.3, 0.4) is 0 Å². The first-order chi connectivity index (χ1) is 9.22. The first-order valence-corrected chi connectivity index (χ1v) is 6.51. The molecule has 2 aromatic rings. The Bertz CT molecular complexity index is 593. The second kappa shape index (κ2) is 5.11. The predicted octanol–water partition coefficient (Wildman–Crippen LogP) is 1.30. The predicted molar refractivity (Wildman–Crippen MR) is 72.2 cm³/mol. The number of benzene rings is 1. The number of oxazole rings is 1. The molecule has 2 heterocycles. The summed E-state index contributed by atoms with van der Waals surface area (Å²) in [4.78, 5) is 18.6. The van der Waals surface area contributed by atoms with Crippen LogP contribution in [0.5, 0.6) is 0 Å². The Hall–Kier alpha value is -1.72. The Kier molecular flexibility index (Phi) is 3.31. The van der Waals surface area contributed by atoms with Gasteiger partial charge in [0.15, 0.2) is 17.8 Å². The van der Waals surface area contributed by atoms with Crippen molar-refractivity contribution in [3.8, 4) is 0 Å². The van der Waals surface area contributed by atoms with Crippen molar-refractivity contribution in [1.82, 2.24) is 15.2 Å². The summed E-state index contributed by atoms with van der Waals surface area (Å²) in [7, 11) is 2.08. The van der Waals surface area contributed by atoms with Crippen LogP contribution in [-0.2, 0) is 0 Å². The van der Waals surface area contributed by atoms with Gasteiger partial charge in [0.2, 0.25) is 0 Å². The van der Waals surface area contributed by atoms with Crippen molar-refractivity contribution in [3.63, 3.8) is 0 Å². The molecule has 1 unspecified atom stereocenters. The number of ketones is 1. The van der Waals surface area contributed by atoms with Crippen LogP contribution in [0, 0.1) is 0 Å². The van der Waals surface area contributed by atoms with E-state index >= 15 is 0 Å². The monoisotopic (exact) mass is 259 g/mol. The van der Waals surface area contributed by atoms with E-state index in [4.69, 9.17) is 4.42 Å². The molecule has 0 bridgehead atoms. The van der Waals surface area contributed by atoms with E-state index in [1.165, 1.54) is 6.39 Å². The van der Waals surface area contributed by atoms with Crippen molar-refractivity contribution < 1.29 is 9.21 Å². The van der Waals surface area contributed by atoms with Crippen LogP contribution in [-0.4, -0.2) is 48.4 Å². The average Bonchev–Trinajstić information content (AvgIpc) is 2.85. The van der Waals surface area contributed by atoms with Crippen molar-refractivity contribution in [2.24, 2.45) is 0 Å². The Morgan fingerprint density at radius 2 is 2.47 bits per heavy atom. The number of hydrogen-bond acceptors (Lipinski definition) is 5. The number of carbonyl (C=O) groups is 1. The molecular weight excluding hydrogens is 242 g/mol. The molecule has 0 aliphatic carbocycles. The van der Waals surface area contributed by atoms with Crippen LogP contribution in [0.15, 0.2) is 29.0 Å². The number of fused-ring (bicyclic) bond motifs is 1. The summed E-state index contributed by atoms with van der Waals surface area (Å²) in [5.74, 6) is 0.145. The van der Waals surface area contributed by atoms with E-state index in [2.05, 4.69) is 22.2 Å². The van der Waals surface area contributed by atoms with E-state index < -0.39 is 0 Å². The molecule has 100 valence electrons. The van der Waals surface area contributed by atoms with Crippen molar-refractivity contribution in [2.75, 3.05) is 26.7 Å². The lowest BCUT2D eigenvalue weighted by Crippen LogP contribution is -2.49. The fraction of sp³-hybridized carbons (Fsp3) is 0.429. The van der Waals surface area contributed by atoms with Gasteiger partial charge in [0, 0.05) is 37.7 Å². The number of piperazine rings is 1. The molecule has 0 radical (unpaired) electrons. The summed E-state index contributed by atoms with van der Waals surface area (Å²) in [6.45, 7) is 2.89. The topological polar surface area (TPSA) is 58.4 Å². The third-order valence-corrected chi connectivity index (χ3v) is 3.54.